The molecule has 0 spiro atoms. The van der Waals surface area contributed by atoms with Crippen LogP contribution >= 0.6 is 0 Å². The van der Waals surface area contributed by atoms with Crippen molar-refractivity contribution >= 4 is 5.69 Å². The molecule has 0 saturated heterocycles. The Morgan fingerprint density at radius 1 is 0.759 bits per heavy atom. The number of ether oxygens (including phenoxy) is 1. The molecule has 0 aromatic heterocycles. The summed E-state index contributed by atoms with van der Waals surface area (Å²) in [7, 11) is 0. The summed E-state index contributed by atoms with van der Waals surface area (Å²) in [4.78, 5) is 0. The minimum Gasteiger partial charge on any atom is -0.494 e. The lowest BCUT2D eigenvalue weighted by atomic mass is 10.0. The first-order chi connectivity index (χ1) is 14.3. The van der Waals surface area contributed by atoms with E-state index in [0.29, 0.717) is 6.54 Å². The van der Waals surface area contributed by atoms with Gasteiger partial charge in [0.05, 0.1) is 19.3 Å². The Balaban J connectivity index is 1.87. The maximum atomic E-state index is 9.34. The molecule has 0 aliphatic carbocycles. The molecular weight excluding hydrogens is 362 g/mol. The Labute approximate surface area is 179 Å². The summed E-state index contributed by atoms with van der Waals surface area (Å²) in [5.74, 6) is 0.882. The molecular formula is C25H45NO3. The van der Waals surface area contributed by atoms with E-state index in [1.165, 1.54) is 83.5 Å². The van der Waals surface area contributed by atoms with Gasteiger partial charge in [-0.2, -0.15) is 0 Å². The zero-order valence-corrected chi connectivity index (χ0v) is 18.7. The summed E-state index contributed by atoms with van der Waals surface area (Å²) in [6.07, 6.45) is 18.4. The van der Waals surface area contributed by atoms with Crippen LogP contribution in [0.3, 0.4) is 0 Å². The highest BCUT2D eigenvalue weighted by Gasteiger charge is 2.01. The highest BCUT2D eigenvalue weighted by atomic mass is 16.5. The van der Waals surface area contributed by atoms with Gasteiger partial charge < -0.3 is 20.3 Å². The molecule has 0 aliphatic rings. The molecule has 168 valence electrons. The van der Waals surface area contributed by atoms with Crippen LogP contribution in [0.2, 0.25) is 0 Å². The summed E-state index contributed by atoms with van der Waals surface area (Å²) in [6.45, 7) is 3.16. The lowest BCUT2D eigenvalue weighted by Crippen LogP contribution is -2.22. The minimum absolute atomic E-state index is 0.229. The minimum atomic E-state index is -0.730. The fraction of sp³-hybridized carbons (Fsp3) is 0.760. The van der Waals surface area contributed by atoms with Crippen molar-refractivity contribution in [1.29, 1.82) is 0 Å². The number of aliphatic hydroxyl groups is 2. The second-order valence-corrected chi connectivity index (χ2v) is 8.19. The summed E-state index contributed by atoms with van der Waals surface area (Å²) >= 11 is 0. The van der Waals surface area contributed by atoms with Crippen LogP contribution in [-0.4, -0.2) is 36.1 Å². The van der Waals surface area contributed by atoms with E-state index in [0.717, 1.165) is 24.5 Å². The molecule has 0 heterocycles. The van der Waals surface area contributed by atoms with Crippen molar-refractivity contribution in [1.82, 2.24) is 0 Å². The second-order valence-electron chi connectivity index (χ2n) is 8.19. The molecule has 29 heavy (non-hydrogen) atoms. The fourth-order valence-corrected chi connectivity index (χ4v) is 3.46. The monoisotopic (exact) mass is 407 g/mol. The molecule has 0 aliphatic heterocycles. The average molecular weight is 408 g/mol. The normalized spacial score (nSPS) is 12.1. The Hall–Kier alpha value is -1.26. The van der Waals surface area contributed by atoms with Gasteiger partial charge in [-0.25, -0.2) is 0 Å². The fourth-order valence-electron chi connectivity index (χ4n) is 3.46. The van der Waals surface area contributed by atoms with Gasteiger partial charge in [0.1, 0.15) is 5.75 Å². The molecule has 0 radical (unpaired) electrons. The molecule has 0 fully saturated rings. The van der Waals surface area contributed by atoms with Crippen molar-refractivity contribution in [3.05, 3.63) is 24.3 Å². The lowest BCUT2D eigenvalue weighted by Gasteiger charge is -2.11. The van der Waals surface area contributed by atoms with Crippen LogP contribution in [0, 0.1) is 0 Å². The number of hydrogen-bond donors (Lipinski definition) is 3. The van der Waals surface area contributed by atoms with E-state index in [9.17, 15) is 5.11 Å². The smallest absolute Gasteiger partial charge is 0.119 e. The van der Waals surface area contributed by atoms with E-state index >= 15 is 0 Å². The Morgan fingerprint density at radius 3 is 1.72 bits per heavy atom. The van der Waals surface area contributed by atoms with Crippen LogP contribution in [-0.2, 0) is 0 Å². The zero-order chi connectivity index (χ0) is 21.0. The van der Waals surface area contributed by atoms with E-state index in [2.05, 4.69) is 12.2 Å². The van der Waals surface area contributed by atoms with Crippen molar-refractivity contribution in [2.45, 2.75) is 103 Å². The van der Waals surface area contributed by atoms with Crippen molar-refractivity contribution in [3.63, 3.8) is 0 Å². The van der Waals surface area contributed by atoms with Crippen molar-refractivity contribution in [3.8, 4) is 5.75 Å². The van der Waals surface area contributed by atoms with E-state index in [1.807, 2.05) is 24.3 Å². The maximum Gasteiger partial charge on any atom is 0.119 e. The van der Waals surface area contributed by atoms with Gasteiger partial charge in [0.15, 0.2) is 0 Å². The first-order valence-corrected chi connectivity index (χ1v) is 12.0. The average Bonchev–Trinajstić information content (AvgIpc) is 2.75. The van der Waals surface area contributed by atoms with Crippen LogP contribution in [0.5, 0.6) is 5.75 Å². The second kappa shape index (κ2) is 18.7. The summed E-state index contributed by atoms with van der Waals surface area (Å²) in [5, 5.41) is 21.2. The van der Waals surface area contributed by atoms with Gasteiger partial charge in [0, 0.05) is 12.2 Å². The summed E-state index contributed by atoms with van der Waals surface area (Å²) in [6, 6.07) is 7.75. The van der Waals surface area contributed by atoms with Crippen molar-refractivity contribution in [2.75, 3.05) is 25.1 Å². The third kappa shape index (κ3) is 15.3. The van der Waals surface area contributed by atoms with Gasteiger partial charge in [0.2, 0.25) is 0 Å². The highest BCUT2D eigenvalue weighted by Crippen LogP contribution is 2.17. The first kappa shape index (κ1) is 25.8. The lowest BCUT2D eigenvalue weighted by molar-refractivity contribution is 0.105. The Morgan fingerprint density at radius 2 is 1.24 bits per heavy atom. The van der Waals surface area contributed by atoms with Gasteiger partial charge in [0.25, 0.3) is 0 Å². The third-order valence-corrected chi connectivity index (χ3v) is 5.37. The molecule has 0 bridgehead atoms. The van der Waals surface area contributed by atoms with Gasteiger partial charge in [-0.05, 0) is 30.7 Å². The Bertz CT molecular complexity index is 464. The van der Waals surface area contributed by atoms with Gasteiger partial charge >= 0.3 is 0 Å². The topological polar surface area (TPSA) is 61.7 Å². The molecule has 4 nitrogen and oxygen atoms in total. The number of unbranched alkanes of at least 4 members (excludes halogenated alkanes) is 13. The molecule has 1 atom stereocenters. The quantitative estimate of drug-likeness (QED) is 0.222. The van der Waals surface area contributed by atoms with E-state index < -0.39 is 6.10 Å². The van der Waals surface area contributed by atoms with Crippen molar-refractivity contribution in [2.24, 2.45) is 0 Å². The molecule has 1 unspecified atom stereocenters. The van der Waals surface area contributed by atoms with E-state index in [4.69, 9.17) is 9.84 Å². The Kier molecular flexibility index (Phi) is 16.7. The number of aliphatic hydroxyl groups excluding tert-OH is 2. The number of anilines is 1. The van der Waals surface area contributed by atoms with Crippen LogP contribution in [0.1, 0.15) is 96.8 Å². The molecule has 0 saturated carbocycles. The molecule has 1 rings (SSSR count). The molecule has 3 N–H and O–H groups in total. The molecule has 1 aromatic rings. The van der Waals surface area contributed by atoms with Gasteiger partial charge in [-0.1, -0.05) is 90.4 Å². The number of benzene rings is 1. The zero-order valence-electron chi connectivity index (χ0n) is 18.7. The van der Waals surface area contributed by atoms with Crippen LogP contribution in [0.4, 0.5) is 5.69 Å². The highest BCUT2D eigenvalue weighted by molar-refractivity contribution is 5.46. The van der Waals surface area contributed by atoms with Gasteiger partial charge in [-0.15, -0.1) is 0 Å². The van der Waals surface area contributed by atoms with E-state index in [1.54, 1.807) is 0 Å². The summed E-state index contributed by atoms with van der Waals surface area (Å²) < 4.78 is 5.80. The largest absolute Gasteiger partial charge is 0.494 e. The maximum absolute atomic E-state index is 9.34. The van der Waals surface area contributed by atoms with E-state index in [-0.39, 0.29) is 6.61 Å². The third-order valence-electron chi connectivity index (χ3n) is 5.37. The number of nitrogens with one attached hydrogen (secondary N) is 1. The molecule has 4 heteroatoms. The predicted molar refractivity (Wildman–Crippen MR) is 124 cm³/mol. The number of rotatable bonds is 20. The predicted octanol–water partition coefficient (Wildman–Crippen LogP) is 6.31. The standard InChI is InChI=1S/C25H45NO3/c1-2-3-4-5-6-7-8-9-10-11-12-13-14-15-20-29-25-18-16-23(17-19-25)26-21-24(28)22-27/h16-19,24,26-28H,2-15,20-22H2,1H3. The number of hydrogen-bond acceptors (Lipinski definition) is 4. The first-order valence-electron chi connectivity index (χ1n) is 12.0. The SMILES string of the molecule is CCCCCCCCCCCCCCCCOc1ccc(NCC(O)CO)cc1. The van der Waals surface area contributed by atoms with Crippen LogP contribution < -0.4 is 10.1 Å². The van der Waals surface area contributed by atoms with Crippen LogP contribution in [0.25, 0.3) is 0 Å². The van der Waals surface area contributed by atoms with Crippen molar-refractivity contribution < 1.29 is 14.9 Å². The molecule has 0 amide bonds. The summed E-state index contributed by atoms with van der Waals surface area (Å²) in [5.41, 5.74) is 0.918. The molecule has 1 aromatic carbocycles. The van der Waals surface area contributed by atoms with Gasteiger partial charge in [-0.3, -0.25) is 0 Å². The van der Waals surface area contributed by atoms with Crippen LogP contribution in [0.15, 0.2) is 24.3 Å².